The highest BCUT2D eigenvalue weighted by Gasteiger charge is 2.46. The van der Waals surface area contributed by atoms with Crippen molar-refractivity contribution in [3.63, 3.8) is 0 Å². The smallest absolute Gasteiger partial charge is 0.246 e. The summed E-state index contributed by atoms with van der Waals surface area (Å²) < 4.78 is 40.5. The minimum atomic E-state index is -4.00. The van der Waals surface area contributed by atoms with Crippen LogP contribution in [0.1, 0.15) is 12.8 Å². The summed E-state index contributed by atoms with van der Waals surface area (Å²) in [5.74, 6) is -0.919. The monoisotopic (exact) mass is 334 g/mol. The summed E-state index contributed by atoms with van der Waals surface area (Å²) in [6.45, 7) is 0.510. The third kappa shape index (κ3) is 2.42. The van der Waals surface area contributed by atoms with Crippen LogP contribution in [-0.2, 0) is 10.0 Å². The van der Waals surface area contributed by atoms with Crippen LogP contribution in [0.2, 0.25) is 5.02 Å². The molecule has 2 aliphatic rings. The van der Waals surface area contributed by atoms with Crippen LogP contribution in [0.3, 0.4) is 0 Å². The Balaban J connectivity index is 1.96. The highest BCUT2D eigenvalue weighted by Crippen LogP contribution is 2.40. The fraction of sp³-hybridized carbons (Fsp3) is 0.538. The van der Waals surface area contributed by atoms with Crippen molar-refractivity contribution >= 4 is 27.3 Å². The molecule has 0 spiro atoms. The first-order chi connectivity index (χ1) is 9.80. The van der Waals surface area contributed by atoms with Gasteiger partial charge in [0.2, 0.25) is 10.0 Å². The van der Waals surface area contributed by atoms with E-state index in [1.807, 2.05) is 0 Å². The number of hydrogen-bond acceptors (Lipinski definition) is 4. The van der Waals surface area contributed by atoms with Crippen molar-refractivity contribution in [1.82, 2.24) is 4.31 Å². The number of halogens is 2. The second-order valence-electron chi connectivity index (χ2n) is 5.71. The molecule has 1 aliphatic carbocycles. The van der Waals surface area contributed by atoms with Crippen molar-refractivity contribution in [2.45, 2.75) is 23.8 Å². The van der Waals surface area contributed by atoms with E-state index < -0.39 is 26.8 Å². The van der Waals surface area contributed by atoms with Gasteiger partial charge in [0.05, 0.1) is 11.1 Å². The molecule has 0 bridgehead atoms. The third-order valence-corrected chi connectivity index (χ3v) is 6.53. The van der Waals surface area contributed by atoms with Gasteiger partial charge >= 0.3 is 0 Å². The van der Waals surface area contributed by atoms with Gasteiger partial charge in [0.15, 0.2) is 5.82 Å². The second kappa shape index (κ2) is 5.08. The van der Waals surface area contributed by atoms with Gasteiger partial charge in [-0.2, -0.15) is 4.31 Å². The molecule has 1 saturated carbocycles. The molecule has 8 heteroatoms. The molecular formula is C13H16ClFN2O3S. The maximum atomic E-state index is 14.1. The lowest BCUT2D eigenvalue weighted by Gasteiger charge is -2.19. The van der Waals surface area contributed by atoms with Crippen LogP contribution in [-0.4, -0.2) is 37.0 Å². The summed E-state index contributed by atoms with van der Waals surface area (Å²) in [6.07, 6.45) is 1.00. The molecule has 3 rings (SSSR count). The first-order valence-corrected chi connectivity index (χ1v) is 8.55. The Hall–Kier alpha value is -0.890. The van der Waals surface area contributed by atoms with Gasteiger partial charge in [0.25, 0.3) is 0 Å². The number of aliphatic hydroxyl groups excluding tert-OH is 1. The Kier molecular flexibility index (Phi) is 3.64. The maximum absolute atomic E-state index is 14.1. The van der Waals surface area contributed by atoms with E-state index in [9.17, 15) is 17.9 Å². The summed E-state index contributed by atoms with van der Waals surface area (Å²) in [7, 11) is -4.00. The zero-order chi connectivity index (χ0) is 15.4. The minimum absolute atomic E-state index is 0.0700. The van der Waals surface area contributed by atoms with Crippen molar-refractivity contribution in [3.8, 4) is 0 Å². The van der Waals surface area contributed by atoms with E-state index in [4.69, 9.17) is 17.3 Å². The molecule has 0 radical (unpaired) electrons. The summed E-state index contributed by atoms with van der Waals surface area (Å²) in [6, 6.07) is 2.26. The molecule has 1 heterocycles. The highest BCUT2D eigenvalue weighted by molar-refractivity contribution is 7.89. The van der Waals surface area contributed by atoms with Gasteiger partial charge in [0.1, 0.15) is 4.90 Å². The van der Waals surface area contributed by atoms with Gasteiger partial charge in [-0.15, -0.1) is 0 Å². The predicted octanol–water partition coefficient (Wildman–Crippen LogP) is 1.45. The first-order valence-electron chi connectivity index (χ1n) is 6.73. The van der Waals surface area contributed by atoms with Gasteiger partial charge in [-0.25, -0.2) is 12.8 Å². The van der Waals surface area contributed by atoms with Crippen LogP contribution in [0.4, 0.5) is 10.1 Å². The molecule has 3 unspecified atom stereocenters. The summed E-state index contributed by atoms with van der Waals surface area (Å²) >= 11 is 5.67. The number of benzene rings is 1. The van der Waals surface area contributed by atoms with Crippen LogP contribution in [0.15, 0.2) is 17.0 Å². The standard InChI is InChI=1S/C13H16ClFN2O3S/c14-10-3-8(16)4-12(13(10)15)21(19,20)17-5-7-1-2-11(18)9(7)6-17/h3-4,7,9,11,18H,1-2,5-6,16H2. The molecule has 1 aromatic rings. The third-order valence-electron chi connectivity index (χ3n) is 4.42. The molecular weight excluding hydrogens is 319 g/mol. The van der Waals surface area contributed by atoms with Gasteiger partial charge in [-0.05, 0) is 30.9 Å². The molecule has 2 fully saturated rings. The zero-order valence-electron chi connectivity index (χ0n) is 11.2. The Morgan fingerprint density at radius 3 is 2.71 bits per heavy atom. The van der Waals surface area contributed by atoms with E-state index in [0.29, 0.717) is 13.0 Å². The Labute approximate surface area is 127 Å². The summed E-state index contributed by atoms with van der Waals surface area (Å²) in [5.41, 5.74) is 5.66. The fourth-order valence-electron chi connectivity index (χ4n) is 3.30. The van der Waals surface area contributed by atoms with Gasteiger partial charge in [-0.3, -0.25) is 0 Å². The van der Waals surface area contributed by atoms with Crippen LogP contribution >= 0.6 is 11.6 Å². The molecule has 5 nitrogen and oxygen atoms in total. The number of aliphatic hydroxyl groups is 1. The van der Waals surface area contributed by atoms with Crippen molar-refractivity contribution in [2.24, 2.45) is 11.8 Å². The molecule has 3 N–H and O–H groups in total. The predicted molar refractivity (Wildman–Crippen MR) is 76.8 cm³/mol. The Morgan fingerprint density at radius 1 is 1.33 bits per heavy atom. The fourth-order valence-corrected chi connectivity index (χ4v) is 5.24. The SMILES string of the molecule is Nc1cc(Cl)c(F)c(S(=O)(=O)N2CC3CCC(O)C3C2)c1. The number of nitrogens with two attached hydrogens (primary N) is 1. The minimum Gasteiger partial charge on any atom is -0.399 e. The topological polar surface area (TPSA) is 83.6 Å². The lowest BCUT2D eigenvalue weighted by Crippen LogP contribution is -2.31. The van der Waals surface area contributed by atoms with E-state index in [0.717, 1.165) is 12.5 Å². The molecule has 1 saturated heterocycles. The highest BCUT2D eigenvalue weighted by atomic mass is 35.5. The van der Waals surface area contributed by atoms with Crippen molar-refractivity contribution in [1.29, 1.82) is 0 Å². The molecule has 21 heavy (non-hydrogen) atoms. The average molecular weight is 335 g/mol. The van der Waals surface area contributed by atoms with Gasteiger partial charge in [-0.1, -0.05) is 11.6 Å². The van der Waals surface area contributed by atoms with Crippen LogP contribution < -0.4 is 5.73 Å². The average Bonchev–Trinajstić information content (AvgIpc) is 2.97. The van der Waals surface area contributed by atoms with E-state index in [-0.39, 0.29) is 29.1 Å². The maximum Gasteiger partial charge on any atom is 0.246 e. The van der Waals surface area contributed by atoms with Crippen molar-refractivity contribution in [2.75, 3.05) is 18.8 Å². The number of nitrogen functional groups attached to an aromatic ring is 1. The number of nitrogens with zero attached hydrogens (tertiary/aromatic N) is 1. The first kappa shape index (κ1) is 15.0. The number of fused-ring (bicyclic) bond motifs is 1. The normalized spacial score (nSPS) is 29.8. The van der Waals surface area contributed by atoms with Crippen LogP contribution in [0.5, 0.6) is 0 Å². The molecule has 0 amide bonds. The largest absolute Gasteiger partial charge is 0.399 e. The Bertz CT molecular complexity index is 682. The quantitative estimate of drug-likeness (QED) is 0.802. The Morgan fingerprint density at radius 2 is 2.05 bits per heavy atom. The van der Waals surface area contributed by atoms with E-state index >= 15 is 0 Å². The van der Waals surface area contributed by atoms with E-state index in [1.54, 1.807) is 0 Å². The van der Waals surface area contributed by atoms with Gasteiger partial charge in [0, 0.05) is 24.7 Å². The molecule has 0 aromatic heterocycles. The summed E-state index contributed by atoms with van der Waals surface area (Å²) in [4.78, 5) is -0.498. The van der Waals surface area contributed by atoms with Crippen molar-refractivity contribution in [3.05, 3.63) is 23.0 Å². The van der Waals surface area contributed by atoms with Gasteiger partial charge < -0.3 is 10.8 Å². The zero-order valence-corrected chi connectivity index (χ0v) is 12.7. The lowest BCUT2D eigenvalue weighted by atomic mass is 10.00. The van der Waals surface area contributed by atoms with Crippen LogP contribution in [0, 0.1) is 17.7 Å². The molecule has 1 aromatic carbocycles. The molecule has 116 valence electrons. The summed E-state index contributed by atoms with van der Waals surface area (Å²) in [5, 5.41) is 9.55. The molecule has 1 aliphatic heterocycles. The second-order valence-corrected chi connectivity index (χ2v) is 8.02. The number of rotatable bonds is 2. The number of sulfonamides is 1. The van der Waals surface area contributed by atoms with E-state index in [2.05, 4.69) is 0 Å². The lowest BCUT2D eigenvalue weighted by molar-refractivity contribution is 0.129. The number of hydrogen-bond donors (Lipinski definition) is 2. The molecule has 3 atom stereocenters. The number of anilines is 1. The van der Waals surface area contributed by atoms with Crippen molar-refractivity contribution < 1.29 is 17.9 Å². The van der Waals surface area contributed by atoms with Crippen LogP contribution in [0.25, 0.3) is 0 Å². The van der Waals surface area contributed by atoms with E-state index in [1.165, 1.54) is 10.4 Å².